The molecule has 0 radical (unpaired) electrons. The maximum absolute atomic E-state index is 12.0. The highest BCUT2D eigenvalue weighted by atomic mass is 35.5. The Morgan fingerprint density at radius 1 is 1.27 bits per heavy atom. The van der Waals surface area contributed by atoms with E-state index in [-0.39, 0.29) is 6.61 Å². The SMILES string of the molecule is CCC(COCCCCCl)CC(F)(F)F. The Labute approximate surface area is 93.9 Å². The van der Waals surface area contributed by atoms with Crippen LogP contribution in [0.15, 0.2) is 0 Å². The normalized spacial score (nSPS) is 14.2. The summed E-state index contributed by atoms with van der Waals surface area (Å²) in [6.45, 7) is 2.44. The minimum atomic E-state index is -4.08. The van der Waals surface area contributed by atoms with Gasteiger partial charge in [-0.25, -0.2) is 0 Å². The molecule has 1 unspecified atom stereocenters. The van der Waals surface area contributed by atoms with E-state index in [4.69, 9.17) is 16.3 Å². The summed E-state index contributed by atoms with van der Waals surface area (Å²) in [5.41, 5.74) is 0. The molecule has 5 heteroatoms. The number of unbranched alkanes of at least 4 members (excludes halogenated alkanes) is 1. The average molecular weight is 247 g/mol. The van der Waals surface area contributed by atoms with Crippen molar-refractivity contribution >= 4 is 11.6 Å². The fraction of sp³-hybridized carbons (Fsp3) is 1.00. The predicted molar refractivity (Wildman–Crippen MR) is 55.2 cm³/mol. The molecule has 0 amide bonds. The van der Waals surface area contributed by atoms with Crippen LogP contribution in [0.2, 0.25) is 0 Å². The number of rotatable bonds is 8. The van der Waals surface area contributed by atoms with E-state index in [0.29, 0.717) is 18.9 Å². The van der Waals surface area contributed by atoms with E-state index in [2.05, 4.69) is 0 Å². The van der Waals surface area contributed by atoms with Crippen LogP contribution < -0.4 is 0 Å². The number of alkyl halides is 4. The minimum absolute atomic E-state index is 0.193. The van der Waals surface area contributed by atoms with Gasteiger partial charge in [0.05, 0.1) is 0 Å². The van der Waals surface area contributed by atoms with Gasteiger partial charge in [0.15, 0.2) is 0 Å². The van der Waals surface area contributed by atoms with Gasteiger partial charge in [-0.3, -0.25) is 0 Å². The lowest BCUT2D eigenvalue weighted by Crippen LogP contribution is -2.19. The van der Waals surface area contributed by atoms with Crippen LogP contribution in [0.3, 0.4) is 0 Å². The van der Waals surface area contributed by atoms with Crippen LogP contribution in [0.4, 0.5) is 13.2 Å². The van der Waals surface area contributed by atoms with Crippen LogP contribution in [-0.4, -0.2) is 25.3 Å². The van der Waals surface area contributed by atoms with Gasteiger partial charge >= 0.3 is 6.18 Å². The van der Waals surface area contributed by atoms with Crippen molar-refractivity contribution in [1.82, 2.24) is 0 Å². The van der Waals surface area contributed by atoms with Crippen molar-refractivity contribution in [3.05, 3.63) is 0 Å². The predicted octanol–water partition coefficient (Wildman–Crippen LogP) is 4.00. The molecule has 0 aliphatic carbocycles. The number of hydrogen-bond acceptors (Lipinski definition) is 1. The molecule has 0 aromatic rings. The lowest BCUT2D eigenvalue weighted by atomic mass is 10.0. The quantitative estimate of drug-likeness (QED) is 0.465. The van der Waals surface area contributed by atoms with Crippen LogP contribution in [0, 0.1) is 5.92 Å². The molecule has 0 heterocycles. The molecular formula is C10H18ClF3O. The van der Waals surface area contributed by atoms with Crippen molar-refractivity contribution in [3.63, 3.8) is 0 Å². The molecule has 0 spiro atoms. The molecule has 0 aromatic heterocycles. The molecule has 0 aliphatic rings. The summed E-state index contributed by atoms with van der Waals surface area (Å²) in [5.74, 6) is 0.157. The molecule has 0 rings (SSSR count). The average Bonchev–Trinajstić information content (AvgIpc) is 2.14. The summed E-state index contributed by atoms with van der Waals surface area (Å²) >= 11 is 5.45. The van der Waals surface area contributed by atoms with Crippen molar-refractivity contribution in [2.45, 2.75) is 38.8 Å². The highest BCUT2D eigenvalue weighted by molar-refractivity contribution is 6.17. The van der Waals surface area contributed by atoms with E-state index in [1.54, 1.807) is 6.92 Å². The van der Waals surface area contributed by atoms with Crippen molar-refractivity contribution in [2.75, 3.05) is 19.1 Å². The molecule has 0 saturated carbocycles. The molecule has 1 atom stereocenters. The van der Waals surface area contributed by atoms with E-state index in [1.807, 2.05) is 0 Å². The van der Waals surface area contributed by atoms with E-state index in [0.717, 1.165) is 12.8 Å². The van der Waals surface area contributed by atoms with E-state index in [1.165, 1.54) is 0 Å². The Hall–Kier alpha value is 0.0400. The maximum Gasteiger partial charge on any atom is 0.389 e. The van der Waals surface area contributed by atoms with Crippen molar-refractivity contribution in [3.8, 4) is 0 Å². The van der Waals surface area contributed by atoms with Crippen LogP contribution >= 0.6 is 11.6 Å². The number of halogens is 4. The molecule has 0 saturated heterocycles. The van der Waals surface area contributed by atoms with Crippen LogP contribution in [0.1, 0.15) is 32.6 Å². The Morgan fingerprint density at radius 3 is 2.40 bits per heavy atom. The molecule has 1 nitrogen and oxygen atoms in total. The fourth-order valence-electron chi connectivity index (χ4n) is 1.20. The second kappa shape index (κ2) is 8.22. The number of ether oxygens (including phenoxy) is 1. The third kappa shape index (κ3) is 10.3. The fourth-order valence-corrected chi connectivity index (χ4v) is 1.39. The minimum Gasteiger partial charge on any atom is -0.381 e. The van der Waals surface area contributed by atoms with E-state index >= 15 is 0 Å². The van der Waals surface area contributed by atoms with Gasteiger partial charge < -0.3 is 4.74 Å². The molecular weight excluding hydrogens is 229 g/mol. The molecule has 0 N–H and O–H groups in total. The van der Waals surface area contributed by atoms with Gasteiger partial charge in [-0.05, 0) is 18.8 Å². The van der Waals surface area contributed by atoms with Gasteiger partial charge in [0.1, 0.15) is 0 Å². The topological polar surface area (TPSA) is 9.23 Å². The van der Waals surface area contributed by atoms with Gasteiger partial charge in [0.2, 0.25) is 0 Å². The summed E-state index contributed by atoms with van der Waals surface area (Å²) in [6.07, 6.45) is -2.68. The standard InChI is InChI=1S/C10H18ClF3O/c1-2-9(7-10(12,13)14)8-15-6-4-3-5-11/h9H,2-8H2,1H3. The smallest absolute Gasteiger partial charge is 0.381 e. The van der Waals surface area contributed by atoms with Crippen molar-refractivity contribution < 1.29 is 17.9 Å². The molecule has 0 fully saturated rings. The Morgan fingerprint density at radius 2 is 1.93 bits per heavy atom. The van der Waals surface area contributed by atoms with Gasteiger partial charge in [0.25, 0.3) is 0 Å². The van der Waals surface area contributed by atoms with E-state index in [9.17, 15) is 13.2 Å². The first-order chi connectivity index (χ1) is 6.99. The third-order valence-electron chi connectivity index (χ3n) is 2.12. The maximum atomic E-state index is 12.0. The molecule has 0 bridgehead atoms. The largest absolute Gasteiger partial charge is 0.389 e. The van der Waals surface area contributed by atoms with Gasteiger partial charge in [-0.15, -0.1) is 11.6 Å². The summed E-state index contributed by atoms with van der Waals surface area (Å²) in [4.78, 5) is 0. The summed E-state index contributed by atoms with van der Waals surface area (Å²) in [7, 11) is 0. The highest BCUT2D eigenvalue weighted by Gasteiger charge is 2.30. The second-order valence-corrected chi connectivity index (χ2v) is 3.94. The summed E-state index contributed by atoms with van der Waals surface area (Å²) in [6, 6.07) is 0. The van der Waals surface area contributed by atoms with Crippen molar-refractivity contribution in [1.29, 1.82) is 0 Å². The monoisotopic (exact) mass is 246 g/mol. The Kier molecular flexibility index (Phi) is 8.24. The zero-order valence-electron chi connectivity index (χ0n) is 8.95. The highest BCUT2D eigenvalue weighted by Crippen LogP contribution is 2.26. The van der Waals surface area contributed by atoms with Crippen LogP contribution in [0.5, 0.6) is 0 Å². The first-order valence-corrected chi connectivity index (χ1v) is 5.73. The van der Waals surface area contributed by atoms with Crippen molar-refractivity contribution in [2.24, 2.45) is 5.92 Å². The second-order valence-electron chi connectivity index (χ2n) is 3.56. The van der Waals surface area contributed by atoms with Gasteiger partial charge in [0, 0.05) is 25.5 Å². The third-order valence-corrected chi connectivity index (χ3v) is 2.39. The number of hydrogen-bond donors (Lipinski definition) is 0. The first kappa shape index (κ1) is 15.0. The van der Waals surface area contributed by atoms with Gasteiger partial charge in [-0.1, -0.05) is 13.3 Å². The lowest BCUT2D eigenvalue weighted by molar-refractivity contribution is -0.149. The molecule has 15 heavy (non-hydrogen) atoms. The van der Waals surface area contributed by atoms with Gasteiger partial charge in [-0.2, -0.15) is 13.2 Å². The summed E-state index contributed by atoms with van der Waals surface area (Å²) in [5, 5.41) is 0. The Balaban J connectivity index is 3.53. The Bertz CT molecular complexity index is 150. The molecule has 0 aromatic carbocycles. The first-order valence-electron chi connectivity index (χ1n) is 5.20. The van der Waals surface area contributed by atoms with Crippen LogP contribution in [0.25, 0.3) is 0 Å². The molecule has 92 valence electrons. The zero-order valence-corrected chi connectivity index (χ0v) is 9.70. The molecule has 0 aliphatic heterocycles. The van der Waals surface area contributed by atoms with E-state index < -0.39 is 18.5 Å². The lowest BCUT2D eigenvalue weighted by Gasteiger charge is -2.16. The van der Waals surface area contributed by atoms with Crippen LogP contribution in [-0.2, 0) is 4.74 Å². The summed E-state index contributed by atoms with van der Waals surface area (Å²) < 4.78 is 41.3. The zero-order chi connectivity index (χ0) is 11.7.